The van der Waals surface area contributed by atoms with Crippen molar-refractivity contribution in [3.63, 3.8) is 0 Å². The van der Waals surface area contributed by atoms with Gasteiger partial charge in [0.25, 0.3) is 0 Å². The number of alkyl carbamates (subject to hydrolysis) is 1. The summed E-state index contributed by atoms with van der Waals surface area (Å²) in [5.41, 5.74) is 0.603. The topological polar surface area (TPSA) is 186 Å². The fraction of sp³-hybridized carbons (Fsp3) is 0.629. The van der Waals surface area contributed by atoms with Crippen molar-refractivity contribution in [2.24, 2.45) is 11.8 Å². The number of carbonyl (C=O) groups is 4. The molecule has 0 spiro atoms. The van der Waals surface area contributed by atoms with Crippen LogP contribution < -0.4 is 16.0 Å². The van der Waals surface area contributed by atoms with E-state index >= 15 is 0 Å². The standard InChI is InChI=1S/C35H52N6O7/c1-35(2,3)48-34(47)40-28(16-23-13-9-6-10-14-23)31(44)39-29(17-24-19-36-21-37-24)32(45)38-27(15-22-11-7-5-8-12-22)30(43)26-18-25(20-42)41(4)33(26)46/h6,9-10,13-14,19,21-22,25-30,42-43H,5,7-8,11-12,15-18,20H2,1-4H3,(H,36,37)(H,38,45)(H,39,44)(H,40,47)/t25-,26-,27-,28-,29-,30-/m0/s1. The average molecular weight is 669 g/mol. The fourth-order valence-electron chi connectivity index (χ4n) is 6.71. The number of amides is 4. The third-order valence-corrected chi connectivity index (χ3v) is 9.32. The number of carbonyl (C=O) groups excluding carboxylic acids is 4. The van der Waals surface area contributed by atoms with E-state index in [9.17, 15) is 29.4 Å². The molecule has 2 aromatic rings. The summed E-state index contributed by atoms with van der Waals surface area (Å²) in [5, 5.41) is 29.9. The molecule has 1 aliphatic carbocycles. The van der Waals surface area contributed by atoms with Gasteiger partial charge in [0.1, 0.15) is 17.7 Å². The largest absolute Gasteiger partial charge is 0.444 e. The number of hydrogen-bond donors (Lipinski definition) is 6. The van der Waals surface area contributed by atoms with Crippen LogP contribution in [-0.2, 0) is 32.0 Å². The van der Waals surface area contributed by atoms with Crippen LogP contribution in [0.2, 0.25) is 0 Å². The van der Waals surface area contributed by atoms with Gasteiger partial charge in [-0.15, -0.1) is 0 Å². The van der Waals surface area contributed by atoms with E-state index in [1.54, 1.807) is 34.0 Å². The Hall–Kier alpha value is -3.97. The summed E-state index contributed by atoms with van der Waals surface area (Å²) in [6.07, 6.45) is 7.22. The quantitative estimate of drug-likeness (QED) is 0.177. The van der Waals surface area contributed by atoms with E-state index in [1.807, 2.05) is 30.3 Å². The maximum atomic E-state index is 14.1. The number of aliphatic hydroxyl groups is 2. The van der Waals surface area contributed by atoms with Crippen LogP contribution >= 0.6 is 0 Å². The zero-order valence-electron chi connectivity index (χ0n) is 28.5. The van der Waals surface area contributed by atoms with E-state index in [4.69, 9.17) is 4.74 Å². The first-order valence-corrected chi connectivity index (χ1v) is 17.0. The summed E-state index contributed by atoms with van der Waals surface area (Å²) in [6.45, 7) is 4.96. The van der Waals surface area contributed by atoms with Crippen LogP contribution in [0.25, 0.3) is 0 Å². The van der Waals surface area contributed by atoms with Crippen molar-refractivity contribution in [1.29, 1.82) is 0 Å². The van der Waals surface area contributed by atoms with Gasteiger partial charge in [0.15, 0.2) is 0 Å². The molecular formula is C35H52N6O7. The van der Waals surface area contributed by atoms with Crippen LogP contribution in [0.15, 0.2) is 42.9 Å². The molecule has 2 heterocycles. The van der Waals surface area contributed by atoms with E-state index in [-0.39, 0.29) is 37.7 Å². The maximum absolute atomic E-state index is 14.1. The number of H-pyrrole nitrogens is 1. The monoisotopic (exact) mass is 668 g/mol. The Morgan fingerprint density at radius 2 is 1.69 bits per heavy atom. The van der Waals surface area contributed by atoms with Crippen LogP contribution in [0.3, 0.4) is 0 Å². The number of hydrogen-bond acceptors (Lipinski definition) is 8. The number of aromatic nitrogens is 2. The van der Waals surface area contributed by atoms with Gasteiger partial charge >= 0.3 is 6.09 Å². The lowest BCUT2D eigenvalue weighted by atomic mass is 9.81. The molecule has 1 aliphatic heterocycles. The summed E-state index contributed by atoms with van der Waals surface area (Å²) in [6, 6.07) is 5.85. The molecule has 4 rings (SSSR count). The molecule has 0 radical (unpaired) electrons. The molecule has 2 aliphatic rings. The minimum absolute atomic E-state index is 0.0615. The van der Waals surface area contributed by atoms with Gasteiger partial charge in [0.05, 0.1) is 37.0 Å². The zero-order chi connectivity index (χ0) is 34.8. The van der Waals surface area contributed by atoms with Crippen molar-refractivity contribution in [1.82, 2.24) is 30.8 Å². The number of ether oxygens (including phenoxy) is 1. The Morgan fingerprint density at radius 1 is 1.02 bits per heavy atom. The van der Waals surface area contributed by atoms with E-state index in [1.165, 1.54) is 11.2 Å². The summed E-state index contributed by atoms with van der Waals surface area (Å²) in [7, 11) is 1.61. The summed E-state index contributed by atoms with van der Waals surface area (Å²) >= 11 is 0. The first-order chi connectivity index (χ1) is 22.8. The molecule has 2 fully saturated rings. The van der Waals surface area contributed by atoms with Crippen molar-refractivity contribution in [2.75, 3.05) is 13.7 Å². The highest BCUT2D eigenvalue weighted by Gasteiger charge is 2.44. The lowest BCUT2D eigenvalue weighted by molar-refractivity contribution is -0.136. The predicted molar refractivity (Wildman–Crippen MR) is 178 cm³/mol. The average Bonchev–Trinajstić information content (AvgIpc) is 3.67. The first-order valence-electron chi connectivity index (χ1n) is 17.0. The molecule has 0 unspecified atom stereocenters. The molecule has 0 bridgehead atoms. The number of likely N-dealkylation sites (tertiary alicyclic amines) is 1. The molecule has 4 amide bonds. The molecular weight excluding hydrogens is 616 g/mol. The maximum Gasteiger partial charge on any atom is 0.408 e. The molecule has 48 heavy (non-hydrogen) atoms. The fourth-order valence-corrected chi connectivity index (χ4v) is 6.71. The number of nitrogens with one attached hydrogen (secondary N) is 4. The van der Waals surface area contributed by atoms with Crippen molar-refractivity contribution >= 4 is 23.8 Å². The van der Waals surface area contributed by atoms with Crippen molar-refractivity contribution < 1.29 is 34.1 Å². The second-order valence-corrected chi connectivity index (χ2v) is 14.2. The number of rotatable bonds is 14. The molecule has 6 N–H and O–H groups in total. The van der Waals surface area contributed by atoms with Gasteiger partial charge in [-0.1, -0.05) is 62.4 Å². The minimum Gasteiger partial charge on any atom is -0.444 e. The Bertz CT molecular complexity index is 1340. The molecule has 13 heteroatoms. The molecule has 1 aromatic heterocycles. The lowest BCUT2D eigenvalue weighted by Gasteiger charge is -2.33. The van der Waals surface area contributed by atoms with Gasteiger partial charge in [0.2, 0.25) is 17.7 Å². The van der Waals surface area contributed by atoms with E-state index in [2.05, 4.69) is 25.9 Å². The molecule has 13 nitrogen and oxygen atoms in total. The highest BCUT2D eigenvalue weighted by Crippen LogP contribution is 2.32. The first kappa shape index (κ1) is 36.9. The highest BCUT2D eigenvalue weighted by molar-refractivity contribution is 5.92. The molecule has 1 saturated heterocycles. The van der Waals surface area contributed by atoms with Crippen LogP contribution in [0.5, 0.6) is 0 Å². The van der Waals surface area contributed by atoms with Crippen LogP contribution in [0, 0.1) is 11.8 Å². The smallest absolute Gasteiger partial charge is 0.408 e. The van der Waals surface area contributed by atoms with E-state index in [0.717, 1.165) is 37.7 Å². The minimum atomic E-state index is -1.19. The Morgan fingerprint density at radius 3 is 2.29 bits per heavy atom. The second kappa shape index (κ2) is 16.9. The van der Waals surface area contributed by atoms with Gasteiger partial charge in [-0.3, -0.25) is 14.4 Å². The number of aliphatic hydroxyl groups excluding tert-OH is 2. The Balaban J connectivity index is 1.57. The molecule has 1 aromatic carbocycles. The number of aromatic amines is 1. The van der Waals surface area contributed by atoms with Crippen molar-refractivity contribution in [3.05, 3.63) is 54.1 Å². The number of nitrogens with zero attached hydrogens (tertiary/aromatic N) is 2. The van der Waals surface area contributed by atoms with Crippen LogP contribution in [0.1, 0.15) is 77.0 Å². The molecule has 1 saturated carbocycles. The van der Waals surface area contributed by atoms with E-state index < -0.39 is 59.7 Å². The predicted octanol–water partition coefficient (Wildman–Crippen LogP) is 2.23. The Labute approximate surface area is 282 Å². The van der Waals surface area contributed by atoms with Crippen molar-refractivity contribution in [3.8, 4) is 0 Å². The SMILES string of the molecule is CN1C(=O)[C@H]([C@H](O)[C@H](CC2CCCCC2)NC(=O)[C@H](Cc2cnc[nH]2)NC(=O)[C@H](Cc2ccccc2)NC(=O)OC(C)(C)C)C[C@H]1CO. The zero-order valence-corrected chi connectivity index (χ0v) is 28.5. The summed E-state index contributed by atoms with van der Waals surface area (Å²) < 4.78 is 5.43. The second-order valence-electron chi connectivity index (χ2n) is 14.2. The third kappa shape index (κ3) is 10.5. The molecule has 264 valence electrons. The van der Waals surface area contributed by atoms with Gasteiger partial charge < -0.3 is 40.8 Å². The van der Waals surface area contributed by atoms with Gasteiger partial charge in [0, 0.05) is 31.8 Å². The van der Waals surface area contributed by atoms with Crippen molar-refractivity contribution in [2.45, 2.75) is 114 Å². The lowest BCUT2D eigenvalue weighted by Crippen LogP contribution is -2.58. The highest BCUT2D eigenvalue weighted by atomic mass is 16.6. The number of likely N-dealkylation sites (N-methyl/N-ethyl adjacent to an activating group) is 1. The third-order valence-electron chi connectivity index (χ3n) is 9.32. The van der Waals surface area contributed by atoms with Crippen LogP contribution in [-0.4, -0.2) is 98.4 Å². The number of benzene rings is 1. The summed E-state index contributed by atoms with van der Waals surface area (Å²) in [5.74, 6) is -1.92. The number of imidazole rings is 1. The molecule has 6 atom stereocenters. The van der Waals surface area contributed by atoms with E-state index in [0.29, 0.717) is 12.1 Å². The van der Waals surface area contributed by atoms with Gasteiger partial charge in [-0.05, 0) is 45.1 Å². The summed E-state index contributed by atoms with van der Waals surface area (Å²) in [4.78, 5) is 62.4. The normalized spacial score (nSPS) is 21.2. The Kier molecular flexibility index (Phi) is 13.0. The van der Waals surface area contributed by atoms with Gasteiger partial charge in [-0.2, -0.15) is 0 Å². The van der Waals surface area contributed by atoms with Crippen LogP contribution in [0.4, 0.5) is 4.79 Å². The van der Waals surface area contributed by atoms with Gasteiger partial charge in [-0.25, -0.2) is 9.78 Å².